The van der Waals surface area contributed by atoms with Crippen LogP contribution in [0.15, 0.2) is 66.9 Å². The van der Waals surface area contributed by atoms with E-state index in [2.05, 4.69) is 15.6 Å². The second kappa shape index (κ2) is 8.46. The Morgan fingerprint density at radius 3 is 2.33 bits per heavy atom. The lowest BCUT2D eigenvalue weighted by Gasteiger charge is -2.43. The molecule has 1 aliphatic carbocycles. The van der Waals surface area contributed by atoms with Gasteiger partial charge in [0.05, 0.1) is 10.6 Å². The first-order chi connectivity index (χ1) is 14.5. The van der Waals surface area contributed by atoms with Crippen molar-refractivity contribution < 1.29 is 9.59 Å². The third kappa shape index (κ3) is 4.18. The van der Waals surface area contributed by atoms with Crippen molar-refractivity contribution in [1.82, 2.24) is 10.3 Å². The molecular formula is C23H19Cl2N3O2. The van der Waals surface area contributed by atoms with Crippen LogP contribution in [0.3, 0.4) is 0 Å². The van der Waals surface area contributed by atoms with Gasteiger partial charge in [-0.2, -0.15) is 0 Å². The lowest BCUT2D eigenvalue weighted by atomic mass is 9.71. The minimum absolute atomic E-state index is 0.218. The predicted molar refractivity (Wildman–Crippen MR) is 118 cm³/mol. The number of anilines is 1. The molecular weight excluding hydrogens is 421 g/mol. The fourth-order valence-corrected chi connectivity index (χ4v) is 3.95. The van der Waals surface area contributed by atoms with Crippen molar-refractivity contribution in [3.8, 4) is 0 Å². The van der Waals surface area contributed by atoms with Crippen LogP contribution in [0.25, 0.3) is 0 Å². The number of amides is 2. The molecule has 5 nitrogen and oxygen atoms in total. The van der Waals surface area contributed by atoms with Gasteiger partial charge in [0.15, 0.2) is 0 Å². The second-order valence-electron chi connectivity index (χ2n) is 7.27. The standard InChI is InChI=1S/C23H19Cl2N3O2/c24-17-5-1-4-15(14-17)21(29)27-18-9-7-16(8-10-18)23(11-3-12-23)28-22(30)20-19(25)6-2-13-26-20/h1-2,4-10,13-14H,3,11-12H2,(H,27,29)(H,28,30). The van der Waals surface area contributed by atoms with Crippen molar-refractivity contribution in [2.75, 3.05) is 5.32 Å². The number of nitrogens with zero attached hydrogens (tertiary/aromatic N) is 1. The summed E-state index contributed by atoms with van der Waals surface area (Å²) >= 11 is 12.1. The highest BCUT2D eigenvalue weighted by Crippen LogP contribution is 2.42. The molecule has 3 aromatic rings. The van der Waals surface area contributed by atoms with Crippen LogP contribution in [0.5, 0.6) is 0 Å². The number of hydrogen-bond donors (Lipinski definition) is 2. The molecule has 0 spiro atoms. The van der Waals surface area contributed by atoms with Crippen LogP contribution >= 0.6 is 23.2 Å². The molecule has 7 heteroatoms. The van der Waals surface area contributed by atoms with E-state index in [1.54, 1.807) is 42.6 Å². The van der Waals surface area contributed by atoms with Crippen molar-refractivity contribution >= 4 is 40.7 Å². The third-order valence-corrected chi connectivity index (χ3v) is 5.86. The summed E-state index contributed by atoms with van der Waals surface area (Å²) in [4.78, 5) is 29.2. The molecule has 1 aromatic heterocycles. The van der Waals surface area contributed by atoms with E-state index in [0.717, 1.165) is 24.8 Å². The quantitative estimate of drug-likeness (QED) is 0.554. The van der Waals surface area contributed by atoms with E-state index in [9.17, 15) is 9.59 Å². The molecule has 1 saturated carbocycles. The van der Waals surface area contributed by atoms with Gasteiger partial charge < -0.3 is 10.6 Å². The number of hydrogen-bond acceptors (Lipinski definition) is 3. The Balaban J connectivity index is 1.49. The molecule has 0 radical (unpaired) electrons. The average molecular weight is 440 g/mol. The monoisotopic (exact) mass is 439 g/mol. The highest BCUT2D eigenvalue weighted by Gasteiger charge is 2.40. The lowest BCUT2D eigenvalue weighted by Crippen LogP contribution is -2.51. The van der Waals surface area contributed by atoms with E-state index in [4.69, 9.17) is 23.2 Å². The van der Waals surface area contributed by atoms with Gasteiger partial charge >= 0.3 is 0 Å². The maximum absolute atomic E-state index is 12.7. The van der Waals surface area contributed by atoms with Gasteiger partial charge in [0.1, 0.15) is 5.69 Å². The van der Waals surface area contributed by atoms with Gasteiger partial charge in [-0.1, -0.05) is 41.4 Å². The highest BCUT2D eigenvalue weighted by atomic mass is 35.5. The Morgan fingerprint density at radius 2 is 1.70 bits per heavy atom. The molecule has 2 N–H and O–H groups in total. The van der Waals surface area contributed by atoms with Crippen LogP contribution in [-0.4, -0.2) is 16.8 Å². The smallest absolute Gasteiger partial charge is 0.272 e. The largest absolute Gasteiger partial charge is 0.341 e. The van der Waals surface area contributed by atoms with Crippen LogP contribution in [0.1, 0.15) is 45.7 Å². The van der Waals surface area contributed by atoms with Gasteiger partial charge in [0, 0.05) is 22.5 Å². The molecule has 1 heterocycles. The predicted octanol–water partition coefficient (Wildman–Crippen LogP) is 5.45. The van der Waals surface area contributed by atoms with Crippen molar-refractivity contribution in [3.63, 3.8) is 0 Å². The zero-order chi connectivity index (χ0) is 21.1. The Bertz CT molecular complexity index is 1100. The normalized spacial score (nSPS) is 14.5. The SMILES string of the molecule is O=C(Nc1ccc(C2(NC(=O)c3ncccc3Cl)CCC2)cc1)c1cccc(Cl)c1. The minimum Gasteiger partial charge on any atom is -0.341 e. The van der Waals surface area contributed by atoms with Gasteiger partial charge in [0.25, 0.3) is 11.8 Å². The van der Waals surface area contributed by atoms with Gasteiger partial charge in [0.2, 0.25) is 0 Å². The Hall–Kier alpha value is -2.89. The van der Waals surface area contributed by atoms with Crippen molar-refractivity contribution in [3.05, 3.63) is 93.7 Å². The van der Waals surface area contributed by atoms with E-state index < -0.39 is 5.54 Å². The van der Waals surface area contributed by atoms with Crippen molar-refractivity contribution in [1.29, 1.82) is 0 Å². The molecule has 2 aromatic carbocycles. The number of aromatic nitrogens is 1. The average Bonchev–Trinajstić information content (AvgIpc) is 2.71. The van der Waals surface area contributed by atoms with Gasteiger partial charge in [-0.3, -0.25) is 9.59 Å². The molecule has 2 amide bonds. The van der Waals surface area contributed by atoms with Crippen LogP contribution in [0.4, 0.5) is 5.69 Å². The maximum Gasteiger partial charge on any atom is 0.272 e. The second-order valence-corrected chi connectivity index (χ2v) is 8.11. The summed E-state index contributed by atoms with van der Waals surface area (Å²) in [5.74, 6) is -0.527. The zero-order valence-corrected chi connectivity index (χ0v) is 17.5. The van der Waals surface area contributed by atoms with Crippen molar-refractivity contribution in [2.24, 2.45) is 0 Å². The molecule has 152 valence electrons. The van der Waals surface area contributed by atoms with Crippen LogP contribution in [0.2, 0.25) is 10.0 Å². The highest BCUT2D eigenvalue weighted by molar-refractivity contribution is 6.33. The van der Waals surface area contributed by atoms with Crippen LogP contribution in [-0.2, 0) is 5.54 Å². The number of pyridine rings is 1. The number of rotatable bonds is 5. The van der Waals surface area contributed by atoms with Crippen molar-refractivity contribution in [2.45, 2.75) is 24.8 Å². The minimum atomic E-state index is -0.451. The summed E-state index contributed by atoms with van der Waals surface area (Å²) in [5.41, 5.74) is 1.90. The molecule has 0 saturated heterocycles. The first-order valence-corrected chi connectivity index (χ1v) is 10.3. The molecule has 1 fully saturated rings. The molecule has 1 aliphatic rings. The molecule has 4 rings (SSSR count). The van der Waals surface area contributed by atoms with E-state index in [-0.39, 0.29) is 17.5 Å². The van der Waals surface area contributed by atoms with Crippen LogP contribution < -0.4 is 10.6 Å². The third-order valence-electron chi connectivity index (χ3n) is 5.32. The molecule has 30 heavy (non-hydrogen) atoms. The summed E-state index contributed by atoms with van der Waals surface area (Å²) in [6.07, 6.45) is 4.23. The summed E-state index contributed by atoms with van der Waals surface area (Å²) in [6.45, 7) is 0. The van der Waals surface area contributed by atoms with Gasteiger partial charge in [-0.05, 0) is 67.3 Å². The van der Waals surface area contributed by atoms with E-state index in [0.29, 0.717) is 21.3 Å². The molecule has 0 aliphatic heterocycles. The summed E-state index contributed by atoms with van der Waals surface area (Å²) in [5, 5.41) is 6.80. The number of nitrogens with one attached hydrogen (secondary N) is 2. The fraction of sp³-hybridized carbons (Fsp3) is 0.174. The number of carbonyl (C=O) groups excluding carboxylic acids is 2. The Kier molecular flexibility index (Phi) is 5.75. The first-order valence-electron chi connectivity index (χ1n) is 9.57. The summed E-state index contributed by atoms with van der Waals surface area (Å²) in [6, 6.07) is 17.6. The van der Waals surface area contributed by atoms with E-state index >= 15 is 0 Å². The first kappa shape index (κ1) is 20.4. The molecule has 0 bridgehead atoms. The number of carbonyl (C=O) groups is 2. The van der Waals surface area contributed by atoms with E-state index in [1.807, 2.05) is 24.3 Å². The van der Waals surface area contributed by atoms with Gasteiger partial charge in [-0.25, -0.2) is 4.98 Å². The molecule has 0 unspecified atom stereocenters. The summed E-state index contributed by atoms with van der Waals surface area (Å²) in [7, 11) is 0. The lowest BCUT2D eigenvalue weighted by molar-refractivity contribution is 0.0818. The van der Waals surface area contributed by atoms with Crippen LogP contribution in [0, 0.1) is 0 Å². The number of halogens is 2. The van der Waals surface area contributed by atoms with Gasteiger partial charge in [-0.15, -0.1) is 0 Å². The summed E-state index contributed by atoms with van der Waals surface area (Å²) < 4.78 is 0. The number of benzene rings is 2. The Labute approximate surface area is 184 Å². The van der Waals surface area contributed by atoms with E-state index in [1.165, 1.54) is 0 Å². The molecule has 0 atom stereocenters. The maximum atomic E-state index is 12.7. The Morgan fingerprint density at radius 1 is 0.933 bits per heavy atom. The fourth-order valence-electron chi connectivity index (χ4n) is 3.55. The zero-order valence-electron chi connectivity index (χ0n) is 16.0. The topological polar surface area (TPSA) is 71.1 Å².